The van der Waals surface area contributed by atoms with Crippen molar-refractivity contribution in [2.75, 3.05) is 0 Å². The Kier molecular flexibility index (Phi) is 6.20. The SMILES string of the molecule is Cc1ccc(C(C)(C)C)cc1.Cc1ccc(C(C)C)cc1. The molecule has 0 radical (unpaired) electrons. The quantitative estimate of drug-likeness (QED) is 0.567. The molecule has 0 saturated carbocycles. The lowest BCUT2D eigenvalue weighted by Gasteiger charge is -2.18. The summed E-state index contributed by atoms with van der Waals surface area (Å²) in [6, 6.07) is 17.5. The highest BCUT2D eigenvalue weighted by Gasteiger charge is 2.11. The molecule has 0 aliphatic heterocycles. The molecule has 0 unspecified atom stereocenters. The van der Waals surface area contributed by atoms with Crippen LogP contribution in [0.15, 0.2) is 48.5 Å². The fourth-order valence-electron chi connectivity index (χ4n) is 2.00. The number of aryl methyl sites for hydroxylation is 2. The van der Waals surface area contributed by atoms with Gasteiger partial charge in [0, 0.05) is 0 Å². The van der Waals surface area contributed by atoms with Crippen LogP contribution in [0.25, 0.3) is 0 Å². The van der Waals surface area contributed by atoms with E-state index in [9.17, 15) is 0 Å². The van der Waals surface area contributed by atoms with Gasteiger partial charge in [0.15, 0.2) is 0 Å². The zero-order valence-corrected chi connectivity index (χ0v) is 14.7. The van der Waals surface area contributed by atoms with Crippen LogP contribution in [0.3, 0.4) is 0 Å². The Bertz CT molecular complexity index is 522. The highest BCUT2D eigenvalue weighted by Crippen LogP contribution is 2.21. The first-order chi connectivity index (χ1) is 9.70. The predicted molar refractivity (Wildman–Crippen MR) is 95.1 cm³/mol. The number of rotatable bonds is 1. The lowest BCUT2D eigenvalue weighted by atomic mass is 9.87. The van der Waals surface area contributed by atoms with Gasteiger partial charge in [-0.3, -0.25) is 0 Å². The van der Waals surface area contributed by atoms with Gasteiger partial charge in [-0.2, -0.15) is 0 Å². The summed E-state index contributed by atoms with van der Waals surface area (Å²) in [6.45, 7) is 15.4. The summed E-state index contributed by atoms with van der Waals surface area (Å²) >= 11 is 0. The highest BCUT2D eigenvalue weighted by molar-refractivity contribution is 5.26. The van der Waals surface area contributed by atoms with E-state index in [0.29, 0.717) is 5.92 Å². The van der Waals surface area contributed by atoms with Gasteiger partial charge in [-0.1, -0.05) is 94.3 Å². The molecule has 0 N–H and O–H groups in total. The first-order valence-electron chi connectivity index (χ1n) is 7.84. The number of benzene rings is 2. The molecule has 21 heavy (non-hydrogen) atoms. The van der Waals surface area contributed by atoms with Crippen LogP contribution >= 0.6 is 0 Å². The van der Waals surface area contributed by atoms with Gasteiger partial charge < -0.3 is 0 Å². The Morgan fingerprint density at radius 3 is 1.38 bits per heavy atom. The van der Waals surface area contributed by atoms with Crippen molar-refractivity contribution in [3.63, 3.8) is 0 Å². The predicted octanol–water partition coefficient (Wildman–Crippen LogP) is 6.41. The first-order valence-corrected chi connectivity index (χ1v) is 7.84. The van der Waals surface area contributed by atoms with Crippen molar-refractivity contribution in [2.24, 2.45) is 0 Å². The van der Waals surface area contributed by atoms with Crippen molar-refractivity contribution >= 4 is 0 Å². The molecule has 2 aromatic rings. The molecule has 0 aromatic heterocycles. The van der Waals surface area contributed by atoms with Gasteiger partial charge in [-0.25, -0.2) is 0 Å². The van der Waals surface area contributed by atoms with Crippen molar-refractivity contribution in [2.45, 2.75) is 59.8 Å². The van der Waals surface area contributed by atoms with Crippen LogP contribution in [0.1, 0.15) is 62.8 Å². The molecule has 0 aliphatic carbocycles. The fraction of sp³-hybridized carbons (Fsp3) is 0.429. The molecule has 0 heteroatoms. The zero-order chi connectivity index (χ0) is 16.0. The smallest absolute Gasteiger partial charge is 0.0132 e. The topological polar surface area (TPSA) is 0 Å². The van der Waals surface area contributed by atoms with Crippen LogP contribution in [-0.2, 0) is 5.41 Å². The molecular formula is C21H30. The molecule has 0 heterocycles. The summed E-state index contributed by atoms with van der Waals surface area (Å²) in [4.78, 5) is 0. The lowest BCUT2D eigenvalue weighted by Crippen LogP contribution is -2.10. The van der Waals surface area contributed by atoms with Crippen LogP contribution in [-0.4, -0.2) is 0 Å². The Balaban J connectivity index is 0.000000211. The van der Waals surface area contributed by atoms with E-state index < -0.39 is 0 Å². The van der Waals surface area contributed by atoms with Gasteiger partial charge >= 0.3 is 0 Å². The van der Waals surface area contributed by atoms with Crippen molar-refractivity contribution < 1.29 is 0 Å². The summed E-state index contributed by atoms with van der Waals surface area (Å²) in [6.07, 6.45) is 0. The summed E-state index contributed by atoms with van der Waals surface area (Å²) in [5.74, 6) is 0.653. The van der Waals surface area contributed by atoms with E-state index in [4.69, 9.17) is 0 Å². The van der Waals surface area contributed by atoms with E-state index in [1.165, 1.54) is 22.3 Å². The van der Waals surface area contributed by atoms with Crippen LogP contribution in [0, 0.1) is 13.8 Å². The van der Waals surface area contributed by atoms with Crippen molar-refractivity contribution in [3.05, 3.63) is 70.8 Å². The highest BCUT2D eigenvalue weighted by atomic mass is 14.2. The number of hydrogen-bond acceptors (Lipinski definition) is 0. The van der Waals surface area contributed by atoms with Crippen molar-refractivity contribution in [1.82, 2.24) is 0 Å². The van der Waals surface area contributed by atoms with Crippen molar-refractivity contribution in [3.8, 4) is 0 Å². The minimum atomic E-state index is 0.285. The molecular weight excluding hydrogens is 252 g/mol. The maximum atomic E-state index is 2.23. The second-order valence-corrected chi connectivity index (χ2v) is 7.18. The maximum Gasteiger partial charge on any atom is -0.0132 e. The summed E-state index contributed by atoms with van der Waals surface area (Å²) in [5.41, 5.74) is 5.78. The molecule has 0 aliphatic rings. The molecule has 0 amide bonds. The van der Waals surface area contributed by atoms with E-state index in [2.05, 4.69) is 97.0 Å². The molecule has 0 saturated heterocycles. The first kappa shape index (κ1) is 17.5. The standard InChI is InChI=1S/C11H16.C10H14/c1-9-5-7-10(8-6-9)11(2,3)4;1-8(2)10-6-4-9(3)5-7-10/h5-8H,1-4H3;4-8H,1-3H3. The fourth-order valence-corrected chi connectivity index (χ4v) is 2.00. The van der Waals surface area contributed by atoms with Gasteiger partial charge in [0.05, 0.1) is 0 Å². The Labute approximate surface area is 131 Å². The average Bonchev–Trinajstić information content (AvgIpc) is 2.39. The number of hydrogen-bond donors (Lipinski definition) is 0. The molecule has 2 aromatic carbocycles. The summed E-state index contributed by atoms with van der Waals surface area (Å²) in [7, 11) is 0. The largest absolute Gasteiger partial charge is 0.0590 e. The van der Waals surface area contributed by atoms with E-state index in [1.54, 1.807) is 0 Å². The van der Waals surface area contributed by atoms with E-state index in [0.717, 1.165) is 0 Å². The Morgan fingerprint density at radius 2 is 1.05 bits per heavy atom. The minimum Gasteiger partial charge on any atom is -0.0590 e. The second-order valence-electron chi connectivity index (χ2n) is 7.18. The Morgan fingerprint density at radius 1 is 0.667 bits per heavy atom. The van der Waals surface area contributed by atoms with E-state index in [-0.39, 0.29) is 5.41 Å². The lowest BCUT2D eigenvalue weighted by molar-refractivity contribution is 0.590. The minimum absolute atomic E-state index is 0.285. The van der Waals surface area contributed by atoms with Gasteiger partial charge in [-0.05, 0) is 36.3 Å². The molecule has 0 fully saturated rings. The van der Waals surface area contributed by atoms with Crippen LogP contribution in [0.5, 0.6) is 0 Å². The normalized spacial score (nSPS) is 11.0. The van der Waals surface area contributed by atoms with Crippen LogP contribution in [0.4, 0.5) is 0 Å². The van der Waals surface area contributed by atoms with E-state index >= 15 is 0 Å². The van der Waals surface area contributed by atoms with Gasteiger partial charge in [0.2, 0.25) is 0 Å². The average molecular weight is 282 g/mol. The van der Waals surface area contributed by atoms with Gasteiger partial charge in [0.1, 0.15) is 0 Å². The maximum absolute atomic E-state index is 2.23. The summed E-state index contributed by atoms with van der Waals surface area (Å²) < 4.78 is 0. The van der Waals surface area contributed by atoms with Crippen LogP contribution in [0.2, 0.25) is 0 Å². The molecule has 114 valence electrons. The molecule has 0 nitrogen and oxygen atoms in total. The summed E-state index contributed by atoms with van der Waals surface area (Å²) in [5, 5.41) is 0. The Hall–Kier alpha value is -1.56. The third kappa shape index (κ3) is 6.16. The third-order valence-electron chi connectivity index (χ3n) is 3.66. The molecule has 0 atom stereocenters. The van der Waals surface area contributed by atoms with E-state index in [1.807, 2.05) is 0 Å². The monoisotopic (exact) mass is 282 g/mol. The van der Waals surface area contributed by atoms with Gasteiger partial charge in [0.25, 0.3) is 0 Å². The van der Waals surface area contributed by atoms with Gasteiger partial charge in [-0.15, -0.1) is 0 Å². The molecule has 0 spiro atoms. The second kappa shape index (κ2) is 7.45. The van der Waals surface area contributed by atoms with Crippen LogP contribution < -0.4 is 0 Å². The van der Waals surface area contributed by atoms with Crippen molar-refractivity contribution in [1.29, 1.82) is 0 Å². The molecule has 0 bridgehead atoms. The third-order valence-corrected chi connectivity index (χ3v) is 3.66. The molecule has 2 rings (SSSR count). The zero-order valence-electron chi connectivity index (χ0n) is 14.7.